The van der Waals surface area contributed by atoms with Crippen molar-refractivity contribution in [1.29, 1.82) is 0 Å². The van der Waals surface area contributed by atoms with Crippen molar-refractivity contribution in [3.8, 4) is 0 Å². The van der Waals surface area contributed by atoms with Gasteiger partial charge in [0.1, 0.15) is 5.82 Å². The molecule has 0 saturated carbocycles. The highest BCUT2D eigenvalue weighted by atomic mass is 19.2. The highest BCUT2D eigenvalue weighted by molar-refractivity contribution is 5.61. The Morgan fingerprint density at radius 3 is 2.15 bits per heavy atom. The average molecular weight is 358 g/mol. The number of nitrogens with one attached hydrogen (secondary N) is 2. The molecule has 0 saturated heterocycles. The molecule has 1 heterocycles. The van der Waals surface area contributed by atoms with Crippen LogP contribution in [0.3, 0.4) is 0 Å². The summed E-state index contributed by atoms with van der Waals surface area (Å²) in [7, 11) is 0. The van der Waals surface area contributed by atoms with Crippen LogP contribution in [0.1, 0.15) is 16.8 Å². The van der Waals surface area contributed by atoms with Crippen LogP contribution < -0.4 is 10.6 Å². The van der Waals surface area contributed by atoms with E-state index in [-0.39, 0.29) is 11.6 Å². The lowest BCUT2D eigenvalue weighted by atomic mass is 10.1. The Bertz CT molecular complexity index is 953. The Hall–Kier alpha value is -3.09. The fourth-order valence-electron chi connectivity index (χ4n) is 2.63. The second kappa shape index (κ2) is 7.03. The average Bonchev–Trinajstić information content (AvgIpc) is 2.54. The molecule has 0 amide bonds. The molecule has 3 aromatic rings. The van der Waals surface area contributed by atoms with Crippen molar-refractivity contribution in [2.45, 2.75) is 20.8 Å². The number of aromatic nitrogens is 2. The van der Waals surface area contributed by atoms with Crippen molar-refractivity contribution in [2.24, 2.45) is 0 Å². The third-order valence-electron chi connectivity index (χ3n) is 3.63. The number of aryl methyl sites for hydroxylation is 3. The topological polar surface area (TPSA) is 49.8 Å². The summed E-state index contributed by atoms with van der Waals surface area (Å²) in [6.07, 6.45) is 0. The molecule has 0 radical (unpaired) electrons. The van der Waals surface area contributed by atoms with E-state index < -0.39 is 17.5 Å². The van der Waals surface area contributed by atoms with E-state index in [1.54, 1.807) is 13.0 Å². The number of hydrogen-bond acceptors (Lipinski definition) is 4. The summed E-state index contributed by atoms with van der Waals surface area (Å²) >= 11 is 0. The Kier molecular flexibility index (Phi) is 4.79. The first kappa shape index (κ1) is 17.7. The molecule has 0 fully saturated rings. The molecule has 0 spiro atoms. The van der Waals surface area contributed by atoms with Gasteiger partial charge < -0.3 is 10.6 Å². The van der Waals surface area contributed by atoms with Crippen LogP contribution in [0.25, 0.3) is 0 Å². The minimum absolute atomic E-state index is 0.0711. The normalized spacial score (nSPS) is 10.7. The lowest BCUT2D eigenvalue weighted by Crippen LogP contribution is -2.05. The van der Waals surface area contributed by atoms with E-state index in [4.69, 9.17) is 0 Å². The Morgan fingerprint density at radius 2 is 1.46 bits per heavy atom. The van der Waals surface area contributed by atoms with Crippen LogP contribution >= 0.6 is 0 Å². The van der Waals surface area contributed by atoms with Crippen molar-refractivity contribution in [2.75, 3.05) is 10.6 Å². The van der Waals surface area contributed by atoms with E-state index in [0.717, 1.165) is 28.9 Å². The molecule has 7 heteroatoms. The Balaban J connectivity index is 1.89. The fourth-order valence-corrected chi connectivity index (χ4v) is 2.63. The molecule has 0 aliphatic heterocycles. The van der Waals surface area contributed by atoms with Crippen molar-refractivity contribution in [1.82, 2.24) is 9.97 Å². The third kappa shape index (κ3) is 3.93. The van der Waals surface area contributed by atoms with Gasteiger partial charge in [0.25, 0.3) is 0 Å². The van der Waals surface area contributed by atoms with Crippen LogP contribution in [-0.2, 0) is 0 Å². The van der Waals surface area contributed by atoms with Gasteiger partial charge in [-0.25, -0.2) is 18.2 Å². The smallest absolute Gasteiger partial charge is 0.229 e. The van der Waals surface area contributed by atoms with Crippen LogP contribution in [0.15, 0.2) is 36.4 Å². The highest BCUT2D eigenvalue weighted by Gasteiger charge is 2.14. The molecular formula is C19H17F3N4. The zero-order valence-corrected chi connectivity index (χ0v) is 14.5. The van der Waals surface area contributed by atoms with E-state index in [2.05, 4.69) is 26.7 Å². The largest absolute Gasteiger partial charge is 0.340 e. The highest BCUT2D eigenvalue weighted by Crippen LogP contribution is 2.24. The Morgan fingerprint density at radius 1 is 0.769 bits per heavy atom. The van der Waals surface area contributed by atoms with E-state index in [1.165, 1.54) is 0 Å². The zero-order chi connectivity index (χ0) is 18.8. The zero-order valence-electron chi connectivity index (χ0n) is 14.5. The molecule has 3 rings (SSSR count). The number of rotatable bonds is 4. The molecule has 0 atom stereocenters. The molecule has 0 aliphatic rings. The second-order valence-corrected chi connectivity index (χ2v) is 6.07. The first-order valence-corrected chi connectivity index (χ1v) is 7.93. The molecule has 2 N–H and O–H groups in total. The maximum atomic E-state index is 13.8. The minimum atomic E-state index is -1.55. The van der Waals surface area contributed by atoms with Gasteiger partial charge in [-0.05, 0) is 56.2 Å². The summed E-state index contributed by atoms with van der Waals surface area (Å²) in [5, 5.41) is 5.75. The number of hydrogen-bond donors (Lipinski definition) is 2. The van der Waals surface area contributed by atoms with Crippen LogP contribution in [-0.4, -0.2) is 9.97 Å². The van der Waals surface area contributed by atoms with Gasteiger partial charge in [-0.15, -0.1) is 0 Å². The number of halogens is 3. The summed E-state index contributed by atoms with van der Waals surface area (Å²) in [5.41, 5.74) is 3.43. The molecule has 134 valence electrons. The fraction of sp³-hybridized carbons (Fsp3) is 0.158. The van der Waals surface area contributed by atoms with E-state index in [1.807, 2.05) is 26.0 Å². The standard InChI is InChI=1S/C19H17F3N4/c1-10-6-11(2)8-13(7-10)24-16-9-12(3)23-19(26-16)25-15-5-4-14(20)17(21)18(15)22/h4-9H,1-3H3,(H2,23,24,25,26). The van der Waals surface area contributed by atoms with Crippen LogP contribution in [0.5, 0.6) is 0 Å². The minimum Gasteiger partial charge on any atom is -0.340 e. The number of anilines is 4. The summed E-state index contributed by atoms with van der Waals surface area (Å²) in [6.45, 7) is 5.73. The summed E-state index contributed by atoms with van der Waals surface area (Å²) < 4.78 is 40.3. The van der Waals surface area contributed by atoms with Gasteiger partial charge in [-0.1, -0.05) is 6.07 Å². The third-order valence-corrected chi connectivity index (χ3v) is 3.63. The molecular weight excluding hydrogens is 341 g/mol. The Labute approximate surface area is 149 Å². The lowest BCUT2D eigenvalue weighted by molar-refractivity contribution is 0.449. The summed E-state index contributed by atoms with van der Waals surface area (Å²) in [5.74, 6) is -3.56. The van der Waals surface area contributed by atoms with Crippen LogP contribution in [0.2, 0.25) is 0 Å². The maximum absolute atomic E-state index is 13.8. The van der Waals surface area contributed by atoms with E-state index >= 15 is 0 Å². The van der Waals surface area contributed by atoms with Gasteiger partial charge in [-0.2, -0.15) is 4.98 Å². The molecule has 0 unspecified atom stereocenters. The first-order chi connectivity index (χ1) is 12.3. The van der Waals surface area contributed by atoms with Crippen molar-refractivity contribution in [3.63, 3.8) is 0 Å². The molecule has 0 aliphatic carbocycles. The van der Waals surface area contributed by atoms with Gasteiger partial charge in [0.15, 0.2) is 17.5 Å². The van der Waals surface area contributed by atoms with E-state index in [9.17, 15) is 13.2 Å². The predicted octanol–water partition coefficient (Wildman–Crippen LogP) is 5.31. The lowest BCUT2D eigenvalue weighted by Gasteiger charge is -2.12. The first-order valence-electron chi connectivity index (χ1n) is 7.93. The molecule has 0 bridgehead atoms. The van der Waals surface area contributed by atoms with Crippen LogP contribution in [0.4, 0.5) is 36.3 Å². The second-order valence-electron chi connectivity index (χ2n) is 6.07. The number of benzene rings is 2. The van der Waals surface area contributed by atoms with Gasteiger partial charge >= 0.3 is 0 Å². The summed E-state index contributed by atoms with van der Waals surface area (Å²) in [4.78, 5) is 8.41. The van der Waals surface area contributed by atoms with Crippen molar-refractivity contribution < 1.29 is 13.2 Å². The van der Waals surface area contributed by atoms with Crippen molar-refractivity contribution >= 4 is 23.1 Å². The van der Waals surface area contributed by atoms with E-state index in [0.29, 0.717) is 11.5 Å². The van der Waals surface area contributed by atoms with Gasteiger partial charge in [0, 0.05) is 17.4 Å². The van der Waals surface area contributed by atoms with Crippen LogP contribution in [0, 0.1) is 38.2 Å². The maximum Gasteiger partial charge on any atom is 0.229 e. The molecule has 1 aromatic heterocycles. The predicted molar refractivity (Wildman–Crippen MR) is 95.6 cm³/mol. The molecule has 2 aromatic carbocycles. The van der Waals surface area contributed by atoms with Gasteiger partial charge in [0.2, 0.25) is 5.95 Å². The quantitative estimate of drug-likeness (QED) is 0.621. The number of nitrogens with zero attached hydrogens (tertiary/aromatic N) is 2. The van der Waals surface area contributed by atoms with Gasteiger partial charge in [0.05, 0.1) is 5.69 Å². The molecule has 26 heavy (non-hydrogen) atoms. The van der Waals surface area contributed by atoms with Gasteiger partial charge in [-0.3, -0.25) is 0 Å². The monoisotopic (exact) mass is 358 g/mol. The van der Waals surface area contributed by atoms with Crippen molar-refractivity contribution in [3.05, 3.63) is 70.7 Å². The SMILES string of the molecule is Cc1cc(C)cc(Nc2cc(C)nc(Nc3ccc(F)c(F)c3F)n2)c1. The summed E-state index contributed by atoms with van der Waals surface area (Å²) in [6, 6.07) is 9.64. The molecule has 4 nitrogen and oxygen atoms in total.